The average molecular weight is 255 g/mol. The third-order valence-electron chi connectivity index (χ3n) is 3.09. The van der Waals surface area contributed by atoms with E-state index in [-0.39, 0.29) is 12.1 Å². The van der Waals surface area contributed by atoms with Gasteiger partial charge in [0.25, 0.3) is 0 Å². The topological polar surface area (TPSA) is 51.4 Å². The summed E-state index contributed by atoms with van der Waals surface area (Å²) in [7, 11) is 0. The van der Waals surface area contributed by atoms with E-state index in [1.54, 1.807) is 11.3 Å². The van der Waals surface area contributed by atoms with E-state index in [0.717, 1.165) is 24.0 Å². The third-order valence-corrected chi connectivity index (χ3v) is 4.48. The average Bonchev–Trinajstić information content (AvgIpc) is 2.64. The van der Waals surface area contributed by atoms with Gasteiger partial charge in [-0.25, -0.2) is 4.98 Å². The van der Waals surface area contributed by atoms with E-state index < -0.39 is 0 Å². The largest absolute Gasteiger partial charge is 0.375 e. The zero-order valence-electron chi connectivity index (χ0n) is 10.9. The molecule has 1 aliphatic heterocycles. The summed E-state index contributed by atoms with van der Waals surface area (Å²) in [5, 5.41) is 1.08. The van der Waals surface area contributed by atoms with Crippen LogP contribution in [0.1, 0.15) is 37.4 Å². The molecule has 0 aromatic carbocycles. The summed E-state index contributed by atoms with van der Waals surface area (Å²) in [6.07, 6.45) is 0.272. The highest BCUT2D eigenvalue weighted by molar-refractivity contribution is 7.15. The molecule has 3 atom stereocenters. The third kappa shape index (κ3) is 2.61. The molecule has 2 heterocycles. The molecule has 2 rings (SSSR count). The standard InChI is InChI=1S/C12H21N3OS/c1-7-6-16-8(2)5-15(7)12-14-10(4)11(17-12)9(3)13/h7-9H,5-6,13H2,1-4H3. The van der Waals surface area contributed by atoms with Gasteiger partial charge in [-0.3, -0.25) is 0 Å². The van der Waals surface area contributed by atoms with E-state index in [2.05, 4.69) is 23.7 Å². The molecular weight excluding hydrogens is 234 g/mol. The minimum absolute atomic E-state index is 0.0648. The molecule has 1 saturated heterocycles. The Bertz CT molecular complexity index is 391. The van der Waals surface area contributed by atoms with E-state index in [4.69, 9.17) is 10.5 Å². The fourth-order valence-electron chi connectivity index (χ4n) is 2.11. The minimum Gasteiger partial charge on any atom is -0.375 e. The summed E-state index contributed by atoms with van der Waals surface area (Å²) >= 11 is 1.71. The molecule has 0 spiro atoms. The molecule has 2 N–H and O–H groups in total. The molecule has 0 aliphatic carbocycles. The van der Waals surface area contributed by atoms with E-state index in [9.17, 15) is 0 Å². The maximum Gasteiger partial charge on any atom is 0.186 e. The van der Waals surface area contributed by atoms with Crippen molar-refractivity contribution in [3.8, 4) is 0 Å². The predicted molar refractivity (Wildman–Crippen MR) is 71.7 cm³/mol. The molecule has 1 aromatic rings. The van der Waals surface area contributed by atoms with Crippen LogP contribution in [0.4, 0.5) is 5.13 Å². The molecule has 4 nitrogen and oxygen atoms in total. The molecule has 1 aliphatic rings. The quantitative estimate of drug-likeness (QED) is 0.879. The second-order valence-electron chi connectivity index (χ2n) is 4.88. The number of aromatic nitrogens is 1. The second kappa shape index (κ2) is 4.92. The molecule has 5 heteroatoms. The van der Waals surface area contributed by atoms with Crippen molar-refractivity contribution in [1.82, 2.24) is 4.98 Å². The zero-order chi connectivity index (χ0) is 12.6. The Morgan fingerprint density at radius 3 is 2.82 bits per heavy atom. The lowest BCUT2D eigenvalue weighted by atomic mass is 10.2. The summed E-state index contributed by atoms with van der Waals surface area (Å²) in [6, 6.07) is 0.452. The van der Waals surface area contributed by atoms with E-state index in [1.807, 2.05) is 13.8 Å². The van der Waals surface area contributed by atoms with Gasteiger partial charge in [-0.1, -0.05) is 0 Å². The number of nitrogens with two attached hydrogens (primary N) is 1. The molecule has 1 fully saturated rings. The minimum atomic E-state index is 0.0648. The Balaban J connectivity index is 2.23. The maximum atomic E-state index is 5.95. The summed E-state index contributed by atoms with van der Waals surface area (Å²) in [6.45, 7) is 10.0. The first-order chi connectivity index (χ1) is 7.99. The van der Waals surface area contributed by atoms with Crippen LogP contribution < -0.4 is 10.6 Å². The zero-order valence-corrected chi connectivity index (χ0v) is 11.8. The van der Waals surface area contributed by atoms with Gasteiger partial charge >= 0.3 is 0 Å². The fraction of sp³-hybridized carbons (Fsp3) is 0.750. The second-order valence-corrected chi connectivity index (χ2v) is 5.89. The van der Waals surface area contributed by atoms with Crippen molar-refractivity contribution in [1.29, 1.82) is 0 Å². The lowest BCUT2D eigenvalue weighted by Gasteiger charge is -2.36. The normalized spacial score (nSPS) is 27.2. The van der Waals surface area contributed by atoms with Gasteiger partial charge < -0.3 is 15.4 Å². The Morgan fingerprint density at radius 1 is 1.53 bits per heavy atom. The Labute approximate surface area is 107 Å². The highest BCUT2D eigenvalue weighted by Gasteiger charge is 2.26. The van der Waals surface area contributed by atoms with Crippen LogP contribution in [0, 0.1) is 6.92 Å². The number of rotatable bonds is 2. The highest BCUT2D eigenvalue weighted by Crippen LogP contribution is 2.32. The van der Waals surface area contributed by atoms with Gasteiger partial charge in [0.2, 0.25) is 0 Å². The van der Waals surface area contributed by atoms with Crippen LogP contribution >= 0.6 is 11.3 Å². The predicted octanol–water partition coefficient (Wildman–Crippen LogP) is 2.08. The van der Waals surface area contributed by atoms with Gasteiger partial charge in [0, 0.05) is 17.5 Å². The van der Waals surface area contributed by atoms with Crippen molar-refractivity contribution < 1.29 is 4.74 Å². The number of hydrogen-bond acceptors (Lipinski definition) is 5. The SMILES string of the molecule is Cc1nc(N2CC(C)OCC2C)sc1C(C)N. The highest BCUT2D eigenvalue weighted by atomic mass is 32.1. The number of anilines is 1. The number of aryl methyl sites for hydroxylation is 1. The number of ether oxygens (including phenoxy) is 1. The van der Waals surface area contributed by atoms with Crippen molar-refractivity contribution in [3.05, 3.63) is 10.6 Å². The molecule has 1 aromatic heterocycles. The molecule has 0 radical (unpaired) electrons. The van der Waals surface area contributed by atoms with Crippen molar-refractivity contribution in [2.75, 3.05) is 18.1 Å². The van der Waals surface area contributed by atoms with Crippen molar-refractivity contribution >= 4 is 16.5 Å². The molecule has 0 bridgehead atoms. The molecule has 0 amide bonds. The van der Waals surface area contributed by atoms with Gasteiger partial charge in [-0.2, -0.15) is 0 Å². The van der Waals surface area contributed by atoms with Crippen LogP contribution in [-0.2, 0) is 4.74 Å². The van der Waals surface area contributed by atoms with E-state index in [0.29, 0.717) is 6.04 Å². The van der Waals surface area contributed by atoms with Gasteiger partial charge in [0.15, 0.2) is 5.13 Å². The number of hydrogen-bond donors (Lipinski definition) is 1. The summed E-state index contributed by atoms with van der Waals surface area (Å²) < 4.78 is 5.64. The summed E-state index contributed by atoms with van der Waals surface area (Å²) in [4.78, 5) is 8.17. The summed E-state index contributed by atoms with van der Waals surface area (Å²) in [5.41, 5.74) is 7.01. The lowest BCUT2D eigenvalue weighted by molar-refractivity contribution is 0.0343. The molecule has 0 saturated carbocycles. The van der Waals surface area contributed by atoms with Gasteiger partial charge in [-0.15, -0.1) is 11.3 Å². The van der Waals surface area contributed by atoms with Crippen molar-refractivity contribution in [3.63, 3.8) is 0 Å². The van der Waals surface area contributed by atoms with Crippen molar-refractivity contribution in [2.24, 2.45) is 5.73 Å². The van der Waals surface area contributed by atoms with E-state index >= 15 is 0 Å². The first kappa shape index (κ1) is 12.8. The van der Waals surface area contributed by atoms with Crippen LogP contribution in [0.2, 0.25) is 0 Å². The molecule has 3 unspecified atom stereocenters. The van der Waals surface area contributed by atoms with Crippen LogP contribution in [0.15, 0.2) is 0 Å². The van der Waals surface area contributed by atoms with E-state index in [1.165, 1.54) is 4.88 Å². The molecule has 17 heavy (non-hydrogen) atoms. The first-order valence-corrected chi connectivity index (χ1v) is 6.91. The Morgan fingerprint density at radius 2 is 2.24 bits per heavy atom. The Kier molecular flexibility index (Phi) is 3.70. The van der Waals surface area contributed by atoms with Gasteiger partial charge in [0.1, 0.15) is 0 Å². The van der Waals surface area contributed by atoms with Crippen molar-refractivity contribution in [2.45, 2.75) is 45.9 Å². The smallest absolute Gasteiger partial charge is 0.186 e. The van der Waals surface area contributed by atoms with Crippen LogP contribution in [0.25, 0.3) is 0 Å². The Hall–Kier alpha value is -0.650. The van der Waals surface area contributed by atoms with Gasteiger partial charge in [-0.05, 0) is 27.7 Å². The first-order valence-electron chi connectivity index (χ1n) is 6.10. The number of thiazole rings is 1. The number of morpholine rings is 1. The summed E-state index contributed by atoms with van der Waals surface area (Å²) in [5.74, 6) is 0. The van der Waals surface area contributed by atoms with Crippen LogP contribution in [0.5, 0.6) is 0 Å². The lowest BCUT2D eigenvalue weighted by Crippen LogP contribution is -2.47. The molecule has 96 valence electrons. The van der Waals surface area contributed by atoms with Crippen LogP contribution in [0.3, 0.4) is 0 Å². The fourth-order valence-corrected chi connectivity index (χ4v) is 3.24. The van der Waals surface area contributed by atoms with Gasteiger partial charge in [0.05, 0.1) is 24.4 Å². The molecular formula is C12H21N3OS. The maximum absolute atomic E-state index is 5.95. The van der Waals surface area contributed by atoms with Crippen LogP contribution in [-0.4, -0.2) is 30.3 Å². The monoisotopic (exact) mass is 255 g/mol. The number of nitrogens with zero attached hydrogens (tertiary/aromatic N) is 2.